The Kier molecular flexibility index (Phi) is 0.958. The highest BCUT2D eigenvalue weighted by Gasteiger charge is 2.21. The third-order valence-corrected chi connectivity index (χ3v) is 0.779. The van der Waals surface area contributed by atoms with Gasteiger partial charge in [0.2, 0.25) is 0 Å². The average Bonchev–Trinajstić information content (AvgIpc) is 1.91. The minimum Gasteiger partial charge on any atom is -0.369 e. The predicted octanol–water partition coefficient (Wildman–Crippen LogP) is -1.62. The summed E-state index contributed by atoms with van der Waals surface area (Å²) in [4.78, 5) is 14.4. The molecule has 0 aromatic heterocycles. The van der Waals surface area contributed by atoms with E-state index in [0.717, 1.165) is 0 Å². The summed E-state index contributed by atoms with van der Waals surface area (Å²) in [5, 5.41) is 0. The van der Waals surface area contributed by atoms with Crippen LogP contribution >= 0.6 is 0 Å². The molecule has 0 spiro atoms. The first-order valence-electron chi connectivity index (χ1n) is 2.00. The Labute approximate surface area is 40.6 Å². The minimum atomic E-state index is -0.458. The van der Waals surface area contributed by atoms with Gasteiger partial charge in [0.1, 0.15) is 6.04 Å². The van der Waals surface area contributed by atoms with Crippen LogP contribution in [0.3, 0.4) is 0 Å². The smallest absolute Gasteiger partial charge is 0.343 e. The van der Waals surface area contributed by atoms with Crippen LogP contribution in [-0.4, -0.2) is 18.6 Å². The van der Waals surface area contributed by atoms with Crippen LogP contribution < -0.4 is 11.2 Å². The van der Waals surface area contributed by atoms with Crippen LogP contribution in [0.4, 0.5) is 0 Å². The molecule has 0 amide bonds. The molecule has 7 heavy (non-hydrogen) atoms. The number of hydrogen-bond acceptors (Lipinski definition) is 4. The second kappa shape index (κ2) is 1.48. The van der Waals surface area contributed by atoms with Gasteiger partial charge in [0, 0.05) is 0 Å². The molecule has 0 aromatic carbocycles. The zero-order valence-corrected chi connectivity index (χ0v) is 3.68. The average molecular weight is 102 g/mol. The predicted molar refractivity (Wildman–Crippen MR) is 22.1 cm³/mol. The number of rotatable bonds is 0. The lowest BCUT2D eigenvalue weighted by Gasteiger charge is -1.86. The summed E-state index contributed by atoms with van der Waals surface area (Å²) in [5.41, 5.74) is 7.49. The van der Waals surface area contributed by atoms with E-state index in [4.69, 9.17) is 5.73 Å². The van der Waals surface area contributed by atoms with Crippen LogP contribution in [0.15, 0.2) is 0 Å². The highest BCUT2D eigenvalue weighted by atomic mass is 16.7. The summed E-state index contributed by atoms with van der Waals surface area (Å²) in [5.74, 6) is -0.375. The van der Waals surface area contributed by atoms with E-state index in [1.54, 1.807) is 0 Å². The Morgan fingerprint density at radius 1 is 2.00 bits per heavy atom. The van der Waals surface area contributed by atoms with Crippen molar-refractivity contribution in [3.8, 4) is 0 Å². The van der Waals surface area contributed by atoms with Crippen molar-refractivity contribution in [3.05, 3.63) is 0 Å². The lowest BCUT2D eigenvalue weighted by Crippen LogP contribution is -2.28. The maximum Gasteiger partial charge on any atom is 0.343 e. The zero-order valence-electron chi connectivity index (χ0n) is 3.68. The maximum absolute atomic E-state index is 10.2. The maximum atomic E-state index is 10.2. The van der Waals surface area contributed by atoms with E-state index in [1.165, 1.54) is 0 Å². The van der Waals surface area contributed by atoms with Crippen LogP contribution in [0.2, 0.25) is 0 Å². The number of carbonyl (C=O) groups is 1. The highest BCUT2D eigenvalue weighted by Crippen LogP contribution is 1.87. The summed E-state index contributed by atoms with van der Waals surface area (Å²) in [7, 11) is 0. The van der Waals surface area contributed by atoms with Crippen LogP contribution in [0.5, 0.6) is 0 Å². The normalized spacial score (nSPS) is 30.4. The molecule has 4 nitrogen and oxygen atoms in total. The van der Waals surface area contributed by atoms with Crippen molar-refractivity contribution in [1.29, 1.82) is 0 Å². The molecule has 0 radical (unpaired) electrons. The van der Waals surface area contributed by atoms with Gasteiger partial charge in [-0.15, -0.1) is 0 Å². The molecule has 0 saturated carbocycles. The van der Waals surface area contributed by atoms with E-state index in [-0.39, 0.29) is 5.97 Å². The SMILES string of the molecule is N[C@@H]1CNOC1=O. The van der Waals surface area contributed by atoms with Gasteiger partial charge in [-0.05, 0) is 0 Å². The first-order chi connectivity index (χ1) is 3.30. The molecule has 1 fully saturated rings. The Bertz CT molecular complexity index is 92.9. The van der Waals surface area contributed by atoms with Crippen molar-refractivity contribution in [2.24, 2.45) is 5.73 Å². The molecule has 1 aliphatic rings. The quantitative estimate of drug-likeness (QED) is 0.385. The molecule has 0 unspecified atom stereocenters. The van der Waals surface area contributed by atoms with Gasteiger partial charge in [-0.2, -0.15) is 5.48 Å². The topological polar surface area (TPSA) is 64.3 Å². The Balaban J connectivity index is 2.48. The van der Waals surface area contributed by atoms with Crippen molar-refractivity contribution >= 4 is 5.97 Å². The Hall–Kier alpha value is -0.610. The van der Waals surface area contributed by atoms with Crippen molar-refractivity contribution < 1.29 is 9.63 Å². The van der Waals surface area contributed by atoms with Crippen molar-refractivity contribution in [3.63, 3.8) is 0 Å². The lowest BCUT2D eigenvalue weighted by atomic mass is 10.3. The molecule has 1 atom stereocenters. The summed E-state index contributed by atoms with van der Waals surface area (Å²) in [6, 6.07) is -0.458. The van der Waals surface area contributed by atoms with Gasteiger partial charge in [0.15, 0.2) is 0 Å². The Morgan fingerprint density at radius 2 is 2.71 bits per heavy atom. The van der Waals surface area contributed by atoms with Crippen LogP contribution in [0.25, 0.3) is 0 Å². The van der Waals surface area contributed by atoms with Gasteiger partial charge in [-0.1, -0.05) is 0 Å². The van der Waals surface area contributed by atoms with Gasteiger partial charge in [-0.3, -0.25) is 0 Å². The van der Waals surface area contributed by atoms with E-state index in [0.29, 0.717) is 6.54 Å². The molecule has 4 heteroatoms. The van der Waals surface area contributed by atoms with Crippen molar-refractivity contribution in [2.45, 2.75) is 6.04 Å². The fourth-order valence-corrected chi connectivity index (χ4v) is 0.362. The van der Waals surface area contributed by atoms with Crippen molar-refractivity contribution in [1.82, 2.24) is 5.48 Å². The van der Waals surface area contributed by atoms with Crippen LogP contribution in [0.1, 0.15) is 0 Å². The second-order valence-electron chi connectivity index (χ2n) is 1.38. The largest absolute Gasteiger partial charge is 0.369 e. The molecular weight excluding hydrogens is 96.0 g/mol. The van der Waals surface area contributed by atoms with Gasteiger partial charge in [0.05, 0.1) is 6.54 Å². The zero-order chi connectivity index (χ0) is 5.28. The third kappa shape index (κ3) is 0.703. The first kappa shape index (κ1) is 4.55. The second-order valence-corrected chi connectivity index (χ2v) is 1.38. The molecule has 0 aliphatic carbocycles. The van der Waals surface area contributed by atoms with E-state index in [1.807, 2.05) is 0 Å². The summed E-state index contributed by atoms with van der Waals surface area (Å²) in [6.07, 6.45) is 0. The molecular formula is C3H6N2O2. The lowest BCUT2D eigenvalue weighted by molar-refractivity contribution is -0.143. The molecule has 1 aliphatic heterocycles. The molecule has 1 saturated heterocycles. The molecule has 0 bridgehead atoms. The molecule has 40 valence electrons. The number of hydroxylamine groups is 1. The van der Waals surface area contributed by atoms with E-state index < -0.39 is 6.04 Å². The molecule has 1 rings (SSSR count). The monoisotopic (exact) mass is 102 g/mol. The van der Waals surface area contributed by atoms with Gasteiger partial charge in [0.25, 0.3) is 0 Å². The molecule has 0 aromatic rings. The number of hydrogen-bond donors (Lipinski definition) is 2. The number of nitrogens with one attached hydrogen (secondary N) is 1. The molecule has 3 N–H and O–H groups in total. The van der Waals surface area contributed by atoms with Crippen molar-refractivity contribution in [2.75, 3.05) is 6.54 Å². The third-order valence-electron chi connectivity index (χ3n) is 0.779. The van der Waals surface area contributed by atoms with Gasteiger partial charge < -0.3 is 10.6 Å². The summed E-state index contributed by atoms with van der Waals surface area (Å²) in [6.45, 7) is 0.429. The van der Waals surface area contributed by atoms with Gasteiger partial charge >= 0.3 is 5.97 Å². The number of nitrogens with two attached hydrogens (primary N) is 1. The van der Waals surface area contributed by atoms with Crippen LogP contribution in [0, 0.1) is 0 Å². The van der Waals surface area contributed by atoms with E-state index in [2.05, 4.69) is 10.3 Å². The highest BCUT2D eigenvalue weighted by molar-refractivity contribution is 5.76. The number of carbonyl (C=O) groups excluding carboxylic acids is 1. The van der Waals surface area contributed by atoms with E-state index >= 15 is 0 Å². The standard InChI is InChI=1S/C3H6N2O2/c4-2-1-5-7-3(2)6/h2,5H,1,4H2/t2-/m1/s1. The summed E-state index contributed by atoms with van der Waals surface area (Å²) >= 11 is 0. The minimum absolute atomic E-state index is 0.375. The van der Waals surface area contributed by atoms with E-state index in [9.17, 15) is 4.79 Å². The first-order valence-corrected chi connectivity index (χ1v) is 2.00. The van der Waals surface area contributed by atoms with Crippen LogP contribution in [-0.2, 0) is 9.63 Å². The molecule has 1 heterocycles. The summed E-state index contributed by atoms with van der Waals surface area (Å²) < 4.78 is 0. The fourth-order valence-electron chi connectivity index (χ4n) is 0.362. The fraction of sp³-hybridized carbons (Fsp3) is 0.667. The Morgan fingerprint density at radius 3 is 2.86 bits per heavy atom. The van der Waals surface area contributed by atoms with Gasteiger partial charge in [-0.25, -0.2) is 4.79 Å².